The van der Waals surface area contributed by atoms with Gasteiger partial charge in [-0.05, 0) is 30.5 Å². The Morgan fingerprint density at radius 2 is 2.23 bits per heavy atom. The molecule has 0 unspecified atom stereocenters. The molecule has 0 spiro atoms. The minimum absolute atomic E-state index is 0. The minimum Gasteiger partial charge on any atom is -0.384 e. The van der Waals surface area contributed by atoms with Crippen LogP contribution < -0.4 is 11.1 Å². The van der Waals surface area contributed by atoms with E-state index in [1.54, 1.807) is 0 Å². The van der Waals surface area contributed by atoms with Crippen LogP contribution in [0.3, 0.4) is 0 Å². The molecule has 1 heterocycles. The number of nitrogens with two attached hydrogens (primary N) is 1. The summed E-state index contributed by atoms with van der Waals surface area (Å²) in [5.74, 6) is 0. The van der Waals surface area contributed by atoms with Gasteiger partial charge in [0.25, 0.3) is 0 Å². The van der Waals surface area contributed by atoms with Crippen molar-refractivity contribution in [2.24, 2.45) is 5.73 Å². The number of hydrogen-bond acceptors (Lipinski definition) is 2. The van der Waals surface area contributed by atoms with Crippen LogP contribution in [0.1, 0.15) is 24.1 Å². The van der Waals surface area contributed by atoms with Crippen molar-refractivity contribution < 1.29 is 0 Å². The summed E-state index contributed by atoms with van der Waals surface area (Å²) in [7, 11) is 0. The van der Waals surface area contributed by atoms with Gasteiger partial charge in [-0.1, -0.05) is 12.1 Å². The smallest absolute Gasteiger partial charge is 0.0373 e. The van der Waals surface area contributed by atoms with Crippen LogP contribution in [-0.2, 0) is 6.42 Å². The second-order valence-electron chi connectivity index (χ2n) is 3.38. The van der Waals surface area contributed by atoms with Crippen molar-refractivity contribution in [2.45, 2.75) is 19.4 Å². The lowest BCUT2D eigenvalue weighted by Crippen LogP contribution is -2.04. The maximum atomic E-state index is 5.79. The van der Waals surface area contributed by atoms with Crippen molar-refractivity contribution >= 4 is 18.1 Å². The predicted octanol–water partition coefficient (Wildman–Crippen LogP) is 2.10. The number of halogens is 1. The van der Waals surface area contributed by atoms with Crippen molar-refractivity contribution in [3.8, 4) is 0 Å². The molecule has 1 atom stereocenters. The fourth-order valence-electron chi connectivity index (χ4n) is 1.61. The quantitative estimate of drug-likeness (QED) is 0.726. The van der Waals surface area contributed by atoms with Crippen LogP contribution in [0.25, 0.3) is 0 Å². The molecule has 0 radical (unpaired) electrons. The van der Waals surface area contributed by atoms with Crippen LogP contribution >= 0.6 is 12.4 Å². The van der Waals surface area contributed by atoms with E-state index in [1.165, 1.54) is 16.8 Å². The van der Waals surface area contributed by atoms with Gasteiger partial charge in [0.05, 0.1) is 0 Å². The number of anilines is 1. The first kappa shape index (κ1) is 10.4. The first-order valence-electron chi connectivity index (χ1n) is 4.39. The summed E-state index contributed by atoms with van der Waals surface area (Å²) < 4.78 is 0. The highest BCUT2D eigenvalue weighted by molar-refractivity contribution is 5.85. The van der Waals surface area contributed by atoms with E-state index in [1.807, 2.05) is 6.92 Å². The summed E-state index contributed by atoms with van der Waals surface area (Å²) in [5.41, 5.74) is 9.71. The van der Waals surface area contributed by atoms with Crippen LogP contribution in [-0.4, -0.2) is 6.54 Å². The van der Waals surface area contributed by atoms with Gasteiger partial charge in [-0.2, -0.15) is 0 Å². The Kier molecular flexibility index (Phi) is 3.17. The summed E-state index contributed by atoms with van der Waals surface area (Å²) in [4.78, 5) is 0. The average Bonchev–Trinajstić information content (AvgIpc) is 2.49. The minimum atomic E-state index is 0. The van der Waals surface area contributed by atoms with Crippen LogP contribution in [0, 0.1) is 0 Å². The molecule has 1 aliphatic heterocycles. The number of nitrogens with one attached hydrogen (secondary N) is 1. The van der Waals surface area contributed by atoms with Crippen molar-refractivity contribution in [1.82, 2.24) is 0 Å². The van der Waals surface area contributed by atoms with Gasteiger partial charge in [0.2, 0.25) is 0 Å². The number of rotatable bonds is 1. The summed E-state index contributed by atoms with van der Waals surface area (Å²) >= 11 is 0. The maximum absolute atomic E-state index is 5.79. The molecule has 2 nitrogen and oxygen atoms in total. The van der Waals surface area contributed by atoms with E-state index in [9.17, 15) is 0 Å². The zero-order chi connectivity index (χ0) is 8.55. The van der Waals surface area contributed by atoms with E-state index in [-0.39, 0.29) is 18.4 Å². The third kappa shape index (κ3) is 1.95. The van der Waals surface area contributed by atoms with Crippen LogP contribution in [0.2, 0.25) is 0 Å². The van der Waals surface area contributed by atoms with Crippen LogP contribution in [0.5, 0.6) is 0 Å². The summed E-state index contributed by atoms with van der Waals surface area (Å²) in [5, 5.41) is 3.33. The van der Waals surface area contributed by atoms with Gasteiger partial charge in [-0.3, -0.25) is 0 Å². The molecule has 0 fully saturated rings. The molecule has 1 aromatic carbocycles. The molecule has 3 N–H and O–H groups in total. The number of hydrogen-bond donors (Lipinski definition) is 2. The summed E-state index contributed by atoms with van der Waals surface area (Å²) in [6.45, 7) is 3.09. The molecule has 0 saturated carbocycles. The lowest BCUT2D eigenvalue weighted by atomic mass is 10.0. The molecule has 0 saturated heterocycles. The fraction of sp³-hybridized carbons (Fsp3) is 0.400. The van der Waals surface area contributed by atoms with Gasteiger partial charge in [-0.15, -0.1) is 12.4 Å². The fourth-order valence-corrected chi connectivity index (χ4v) is 1.61. The maximum Gasteiger partial charge on any atom is 0.0373 e. The molecule has 13 heavy (non-hydrogen) atoms. The molecule has 0 bridgehead atoms. The molecule has 0 aliphatic carbocycles. The summed E-state index contributed by atoms with van der Waals surface area (Å²) in [6, 6.07) is 6.58. The van der Waals surface area contributed by atoms with Gasteiger partial charge < -0.3 is 11.1 Å². The highest BCUT2D eigenvalue weighted by atomic mass is 35.5. The SMILES string of the molecule is C[C@@H](N)c1ccc2c(c1)CCN2.Cl. The standard InChI is InChI=1S/C10H14N2.ClH/c1-7(11)8-2-3-10-9(6-8)4-5-12-10;/h2-3,6-7,12H,4-5,11H2,1H3;1H/t7-;/m1./s1. The lowest BCUT2D eigenvalue weighted by molar-refractivity contribution is 0.816. The first-order valence-corrected chi connectivity index (χ1v) is 4.39. The van der Waals surface area contributed by atoms with Crippen LogP contribution in [0.4, 0.5) is 5.69 Å². The summed E-state index contributed by atoms with van der Waals surface area (Å²) in [6.07, 6.45) is 1.13. The number of fused-ring (bicyclic) bond motifs is 1. The predicted molar refractivity (Wildman–Crippen MR) is 58.5 cm³/mol. The monoisotopic (exact) mass is 198 g/mol. The molecule has 1 aliphatic rings. The molecular weight excluding hydrogens is 184 g/mol. The molecule has 72 valence electrons. The molecular formula is C10H15ClN2. The van der Waals surface area contributed by atoms with E-state index in [4.69, 9.17) is 5.73 Å². The van der Waals surface area contributed by atoms with Gasteiger partial charge in [0, 0.05) is 18.3 Å². The third-order valence-corrected chi connectivity index (χ3v) is 2.36. The zero-order valence-corrected chi connectivity index (χ0v) is 8.53. The molecule has 0 amide bonds. The van der Waals surface area contributed by atoms with E-state index >= 15 is 0 Å². The van der Waals surface area contributed by atoms with Gasteiger partial charge in [-0.25, -0.2) is 0 Å². The van der Waals surface area contributed by atoms with E-state index < -0.39 is 0 Å². The normalized spacial score (nSPS) is 15.5. The zero-order valence-electron chi connectivity index (χ0n) is 7.71. The van der Waals surface area contributed by atoms with Crippen LogP contribution in [0.15, 0.2) is 18.2 Å². The lowest BCUT2D eigenvalue weighted by Gasteiger charge is -2.07. The Balaban J connectivity index is 0.000000845. The number of benzene rings is 1. The van der Waals surface area contributed by atoms with Gasteiger partial charge >= 0.3 is 0 Å². The Hall–Kier alpha value is -0.730. The second kappa shape index (κ2) is 3.99. The largest absolute Gasteiger partial charge is 0.384 e. The topological polar surface area (TPSA) is 38.0 Å². The van der Waals surface area contributed by atoms with Gasteiger partial charge in [0.1, 0.15) is 0 Å². The Morgan fingerprint density at radius 1 is 1.46 bits per heavy atom. The Labute approximate surface area is 84.9 Å². The highest BCUT2D eigenvalue weighted by Gasteiger charge is 2.10. The Morgan fingerprint density at radius 3 is 2.92 bits per heavy atom. The molecule has 3 heteroatoms. The van der Waals surface area contributed by atoms with E-state index in [0.717, 1.165) is 13.0 Å². The van der Waals surface area contributed by atoms with E-state index in [0.29, 0.717) is 0 Å². The second-order valence-corrected chi connectivity index (χ2v) is 3.38. The average molecular weight is 199 g/mol. The Bertz CT molecular complexity index is 297. The van der Waals surface area contributed by atoms with Crippen molar-refractivity contribution in [2.75, 3.05) is 11.9 Å². The molecule has 2 rings (SSSR count). The van der Waals surface area contributed by atoms with E-state index in [2.05, 4.69) is 23.5 Å². The van der Waals surface area contributed by atoms with Crippen molar-refractivity contribution in [3.63, 3.8) is 0 Å². The third-order valence-electron chi connectivity index (χ3n) is 2.36. The highest BCUT2D eigenvalue weighted by Crippen LogP contribution is 2.24. The molecule has 0 aromatic heterocycles. The van der Waals surface area contributed by atoms with Crippen molar-refractivity contribution in [1.29, 1.82) is 0 Å². The first-order chi connectivity index (χ1) is 5.77. The van der Waals surface area contributed by atoms with Crippen molar-refractivity contribution in [3.05, 3.63) is 29.3 Å². The molecule has 1 aromatic rings. The van der Waals surface area contributed by atoms with Gasteiger partial charge in [0.15, 0.2) is 0 Å².